The van der Waals surface area contributed by atoms with Gasteiger partial charge in [-0.1, -0.05) is 0 Å². The molecule has 2 aromatic rings. The van der Waals surface area contributed by atoms with Gasteiger partial charge >= 0.3 is 0 Å². The topological polar surface area (TPSA) is 29.9 Å². The van der Waals surface area contributed by atoms with E-state index in [1.807, 2.05) is 24.6 Å². The van der Waals surface area contributed by atoms with Crippen LogP contribution in [-0.2, 0) is 19.4 Å². The summed E-state index contributed by atoms with van der Waals surface area (Å²) in [6.45, 7) is 3.13. The van der Waals surface area contributed by atoms with Crippen LogP contribution in [0.25, 0.3) is 0 Å². The van der Waals surface area contributed by atoms with Crippen molar-refractivity contribution in [1.29, 1.82) is 0 Å². The lowest BCUT2D eigenvalue weighted by molar-refractivity contribution is 0.596. The van der Waals surface area contributed by atoms with Crippen LogP contribution in [-0.4, -0.2) is 16.6 Å². The third kappa shape index (κ3) is 1.89. The number of fused-ring (bicyclic) bond motifs is 1. The first-order valence-corrected chi connectivity index (χ1v) is 7.45. The van der Waals surface area contributed by atoms with Crippen molar-refractivity contribution in [3.05, 3.63) is 39.6 Å². The molecule has 3 nitrogen and oxygen atoms in total. The maximum absolute atomic E-state index is 4.52. The monoisotopic (exact) mass is 261 g/mol. The van der Waals surface area contributed by atoms with Crippen molar-refractivity contribution in [3.63, 3.8) is 0 Å². The van der Waals surface area contributed by atoms with Crippen molar-refractivity contribution in [3.8, 4) is 0 Å². The minimum Gasteiger partial charge on any atom is -0.334 e. The SMILES string of the molecule is CCn1ccnc1C(NC)c1cc2c(s1)CCC2. The molecule has 0 bridgehead atoms. The molecule has 1 aliphatic rings. The Morgan fingerprint density at radius 1 is 1.50 bits per heavy atom. The zero-order valence-electron chi connectivity index (χ0n) is 10.9. The summed E-state index contributed by atoms with van der Waals surface area (Å²) in [6, 6.07) is 2.61. The molecule has 4 heteroatoms. The van der Waals surface area contributed by atoms with Crippen LogP contribution in [0.2, 0.25) is 0 Å². The lowest BCUT2D eigenvalue weighted by Gasteiger charge is -2.15. The highest BCUT2D eigenvalue weighted by Gasteiger charge is 2.22. The minimum atomic E-state index is 0.232. The van der Waals surface area contributed by atoms with E-state index in [0.29, 0.717) is 0 Å². The Kier molecular flexibility index (Phi) is 3.22. The molecule has 2 aromatic heterocycles. The second kappa shape index (κ2) is 4.86. The Morgan fingerprint density at radius 2 is 2.39 bits per heavy atom. The van der Waals surface area contributed by atoms with Crippen LogP contribution in [0.1, 0.15) is 40.5 Å². The average Bonchev–Trinajstić information content (AvgIpc) is 3.03. The van der Waals surface area contributed by atoms with Crippen molar-refractivity contribution >= 4 is 11.3 Å². The zero-order valence-corrected chi connectivity index (χ0v) is 11.8. The first-order valence-electron chi connectivity index (χ1n) is 6.63. The second-order valence-electron chi connectivity index (χ2n) is 4.74. The molecule has 0 aliphatic heterocycles. The van der Waals surface area contributed by atoms with Crippen LogP contribution < -0.4 is 5.32 Å². The van der Waals surface area contributed by atoms with Gasteiger partial charge in [0.1, 0.15) is 11.9 Å². The van der Waals surface area contributed by atoms with Crippen molar-refractivity contribution in [2.75, 3.05) is 7.05 Å². The molecule has 0 fully saturated rings. The molecule has 1 N–H and O–H groups in total. The van der Waals surface area contributed by atoms with Gasteiger partial charge in [0.25, 0.3) is 0 Å². The quantitative estimate of drug-likeness (QED) is 0.917. The molecule has 96 valence electrons. The summed E-state index contributed by atoms with van der Waals surface area (Å²) in [5.41, 5.74) is 1.56. The average molecular weight is 261 g/mol. The second-order valence-corrected chi connectivity index (χ2v) is 5.91. The largest absolute Gasteiger partial charge is 0.334 e. The summed E-state index contributed by atoms with van der Waals surface area (Å²) in [5.74, 6) is 1.12. The highest BCUT2D eigenvalue weighted by Crippen LogP contribution is 2.35. The number of imidazole rings is 1. The van der Waals surface area contributed by atoms with Gasteiger partial charge in [-0.25, -0.2) is 4.98 Å². The number of hydrogen-bond acceptors (Lipinski definition) is 3. The van der Waals surface area contributed by atoms with Crippen LogP contribution in [0.4, 0.5) is 0 Å². The maximum Gasteiger partial charge on any atom is 0.131 e. The molecule has 0 saturated heterocycles. The molecule has 0 spiro atoms. The molecule has 18 heavy (non-hydrogen) atoms. The van der Waals surface area contributed by atoms with Gasteiger partial charge in [-0.05, 0) is 44.9 Å². The summed E-state index contributed by atoms with van der Waals surface area (Å²) in [7, 11) is 2.02. The van der Waals surface area contributed by atoms with E-state index in [9.17, 15) is 0 Å². The molecule has 3 rings (SSSR count). The van der Waals surface area contributed by atoms with Crippen molar-refractivity contribution in [1.82, 2.24) is 14.9 Å². The minimum absolute atomic E-state index is 0.232. The van der Waals surface area contributed by atoms with Gasteiger partial charge < -0.3 is 9.88 Å². The molecule has 0 amide bonds. The standard InChI is InChI=1S/C14H19N3S/c1-3-17-8-7-16-14(17)13(15-2)12-9-10-5-4-6-11(10)18-12/h7-9,13,15H,3-6H2,1-2H3. The molecular formula is C14H19N3S. The molecular weight excluding hydrogens is 242 g/mol. The lowest BCUT2D eigenvalue weighted by atomic mass is 10.2. The van der Waals surface area contributed by atoms with E-state index < -0.39 is 0 Å². The van der Waals surface area contributed by atoms with Crippen LogP contribution in [0, 0.1) is 0 Å². The van der Waals surface area contributed by atoms with Crippen molar-refractivity contribution in [2.45, 2.75) is 38.8 Å². The third-order valence-corrected chi connectivity index (χ3v) is 4.99. The van der Waals surface area contributed by atoms with E-state index in [4.69, 9.17) is 0 Å². The highest BCUT2D eigenvalue weighted by molar-refractivity contribution is 7.12. The Morgan fingerprint density at radius 3 is 3.11 bits per heavy atom. The Balaban J connectivity index is 1.96. The molecule has 2 heterocycles. The zero-order chi connectivity index (χ0) is 12.5. The van der Waals surface area contributed by atoms with Crippen LogP contribution in [0.15, 0.2) is 18.5 Å². The number of nitrogens with one attached hydrogen (secondary N) is 1. The van der Waals surface area contributed by atoms with Gasteiger partial charge in [-0.3, -0.25) is 0 Å². The maximum atomic E-state index is 4.52. The van der Waals surface area contributed by atoms with Crippen molar-refractivity contribution < 1.29 is 0 Å². The summed E-state index contributed by atoms with van der Waals surface area (Å²) < 4.78 is 2.21. The van der Waals surface area contributed by atoms with E-state index in [1.54, 1.807) is 10.4 Å². The molecule has 0 radical (unpaired) electrons. The Labute approximate surface area is 112 Å². The number of aryl methyl sites for hydroxylation is 3. The number of hydrogen-bond donors (Lipinski definition) is 1. The first-order chi connectivity index (χ1) is 8.83. The van der Waals surface area contributed by atoms with Gasteiger partial charge in [-0.15, -0.1) is 11.3 Å². The number of rotatable bonds is 4. The lowest BCUT2D eigenvalue weighted by Crippen LogP contribution is -2.20. The Hall–Kier alpha value is -1.13. The third-order valence-electron chi connectivity index (χ3n) is 3.69. The van der Waals surface area contributed by atoms with E-state index in [2.05, 4.69) is 34.1 Å². The van der Waals surface area contributed by atoms with E-state index >= 15 is 0 Å². The summed E-state index contributed by atoms with van der Waals surface area (Å²) in [6.07, 6.45) is 7.80. The number of nitrogens with zero attached hydrogens (tertiary/aromatic N) is 2. The predicted octanol–water partition coefficient (Wildman–Crippen LogP) is 2.76. The summed E-state index contributed by atoms with van der Waals surface area (Å²) in [5, 5.41) is 3.41. The normalized spacial score (nSPS) is 15.9. The van der Waals surface area contributed by atoms with Crippen LogP contribution in [0.5, 0.6) is 0 Å². The number of thiophene rings is 1. The highest BCUT2D eigenvalue weighted by atomic mass is 32.1. The Bertz CT molecular complexity index is 519. The van der Waals surface area contributed by atoms with Gasteiger partial charge in [-0.2, -0.15) is 0 Å². The predicted molar refractivity (Wildman–Crippen MR) is 75.1 cm³/mol. The van der Waals surface area contributed by atoms with Crippen LogP contribution >= 0.6 is 11.3 Å². The molecule has 1 unspecified atom stereocenters. The summed E-state index contributed by atoms with van der Waals surface area (Å²) in [4.78, 5) is 7.51. The van der Waals surface area contributed by atoms with Crippen LogP contribution in [0.3, 0.4) is 0 Å². The van der Waals surface area contributed by atoms with Gasteiger partial charge in [0.05, 0.1) is 0 Å². The fourth-order valence-electron chi connectivity index (χ4n) is 2.74. The molecule has 0 saturated carbocycles. The first kappa shape index (κ1) is 11.9. The molecule has 1 atom stereocenters. The molecule has 1 aliphatic carbocycles. The fourth-order valence-corrected chi connectivity index (χ4v) is 4.11. The fraction of sp³-hybridized carbons (Fsp3) is 0.500. The van der Waals surface area contributed by atoms with Crippen molar-refractivity contribution in [2.24, 2.45) is 0 Å². The van der Waals surface area contributed by atoms with E-state index in [0.717, 1.165) is 12.4 Å². The van der Waals surface area contributed by atoms with Gasteiger partial charge in [0.15, 0.2) is 0 Å². The molecule has 0 aromatic carbocycles. The number of aromatic nitrogens is 2. The van der Waals surface area contributed by atoms with Gasteiger partial charge in [0.2, 0.25) is 0 Å². The smallest absolute Gasteiger partial charge is 0.131 e. The van der Waals surface area contributed by atoms with E-state index in [1.165, 1.54) is 24.1 Å². The van der Waals surface area contributed by atoms with E-state index in [-0.39, 0.29) is 6.04 Å². The van der Waals surface area contributed by atoms with Gasteiger partial charge in [0, 0.05) is 28.7 Å². The summed E-state index contributed by atoms with van der Waals surface area (Å²) >= 11 is 1.96.